The highest BCUT2D eigenvalue weighted by Gasteiger charge is 2.43. The summed E-state index contributed by atoms with van der Waals surface area (Å²) < 4.78 is 57.9. The van der Waals surface area contributed by atoms with Crippen molar-refractivity contribution >= 4 is 0 Å². The number of ether oxygens (including phenoxy) is 1. The minimum absolute atomic E-state index is 0.0469. The van der Waals surface area contributed by atoms with E-state index in [2.05, 4.69) is 20.6 Å². The van der Waals surface area contributed by atoms with Gasteiger partial charge in [-0.3, -0.25) is 0 Å². The van der Waals surface area contributed by atoms with Crippen LogP contribution in [0, 0.1) is 5.92 Å². The van der Waals surface area contributed by atoms with Crippen LogP contribution in [0.3, 0.4) is 0 Å². The maximum atomic E-state index is 14.0. The van der Waals surface area contributed by atoms with Crippen molar-refractivity contribution in [2.45, 2.75) is 31.2 Å². The average Bonchev–Trinajstić information content (AvgIpc) is 3.37. The van der Waals surface area contributed by atoms with Crippen molar-refractivity contribution in [2.75, 3.05) is 13.2 Å². The summed E-state index contributed by atoms with van der Waals surface area (Å²) >= 11 is 0. The number of halogens is 3. The number of alkyl halides is 3. The second kappa shape index (κ2) is 8.75. The first-order valence-electron chi connectivity index (χ1n) is 11.5. The van der Waals surface area contributed by atoms with Crippen LogP contribution in [0.1, 0.15) is 30.1 Å². The van der Waals surface area contributed by atoms with Crippen LogP contribution >= 0.6 is 0 Å². The summed E-state index contributed by atoms with van der Waals surface area (Å²) in [7, 11) is 0. The Morgan fingerprint density at radius 2 is 1.81 bits per heavy atom. The number of hydrogen-bond acceptors (Lipinski definition) is 8. The van der Waals surface area contributed by atoms with E-state index >= 15 is 0 Å². The standard InChI is InChI=1S/C25H21F3N4O4/c26-25(27,28)19-20(14-4-2-1-3-5-14)31-35-22(19)24-30-23(32-36-24)15-8-9-16-18(10-15)34-12-17(21(16)33)29-11-13-6-7-13/h1-5,8-10,13,17,21,29,33H,6-7,11-12H2/t17-,21-/m0/s1. The highest BCUT2D eigenvalue weighted by atomic mass is 19.4. The maximum Gasteiger partial charge on any atom is 0.422 e. The van der Waals surface area contributed by atoms with Crippen molar-refractivity contribution in [1.29, 1.82) is 0 Å². The van der Waals surface area contributed by atoms with Crippen LogP contribution in [0.25, 0.3) is 34.3 Å². The molecule has 3 heterocycles. The minimum atomic E-state index is -4.77. The number of fused-ring (bicyclic) bond motifs is 1. The van der Waals surface area contributed by atoms with Gasteiger partial charge in [0.25, 0.3) is 5.89 Å². The molecule has 36 heavy (non-hydrogen) atoms. The molecule has 4 aromatic rings. The second-order valence-corrected chi connectivity index (χ2v) is 8.99. The molecule has 2 aromatic heterocycles. The van der Waals surface area contributed by atoms with Gasteiger partial charge in [-0.25, -0.2) is 0 Å². The molecule has 6 rings (SSSR count). The summed E-state index contributed by atoms with van der Waals surface area (Å²) in [5.74, 6) is 0.0622. The molecule has 2 aromatic carbocycles. The van der Waals surface area contributed by atoms with Crippen LogP contribution in [-0.2, 0) is 6.18 Å². The Hall–Kier alpha value is -3.70. The predicted octanol–water partition coefficient (Wildman–Crippen LogP) is 4.87. The Bertz CT molecular complexity index is 1380. The van der Waals surface area contributed by atoms with E-state index in [0.29, 0.717) is 22.8 Å². The summed E-state index contributed by atoms with van der Waals surface area (Å²) in [6.07, 6.45) is -3.11. The zero-order chi connectivity index (χ0) is 24.9. The lowest BCUT2D eigenvalue weighted by molar-refractivity contribution is -0.136. The summed E-state index contributed by atoms with van der Waals surface area (Å²) in [4.78, 5) is 4.13. The van der Waals surface area contributed by atoms with Gasteiger partial charge >= 0.3 is 6.18 Å². The van der Waals surface area contributed by atoms with Crippen LogP contribution in [0.4, 0.5) is 13.2 Å². The van der Waals surface area contributed by atoms with Gasteiger partial charge in [0, 0.05) is 16.7 Å². The molecular formula is C25H21F3N4O4. The zero-order valence-corrected chi connectivity index (χ0v) is 18.8. The van der Waals surface area contributed by atoms with E-state index in [4.69, 9.17) is 13.8 Å². The van der Waals surface area contributed by atoms with E-state index < -0.39 is 29.5 Å². The second-order valence-electron chi connectivity index (χ2n) is 8.99. The molecular weight excluding hydrogens is 477 g/mol. The Morgan fingerprint density at radius 1 is 1.00 bits per heavy atom. The lowest BCUT2D eigenvalue weighted by Gasteiger charge is -2.31. The van der Waals surface area contributed by atoms with Crippen molar-refractivity contribution < 1.29 is 32.1 Å². The van der Waals surface area contributed by atoms with Gasteiger partial charge in [-0.1, -0.05) is 52.8 Å². The normalized spacial score (nSPS) is 19.7. The van der Waals surface area contributed by atoms with Gasteiger partial charge in [0.1, 0.15) is 29.7 Å². The fraction of sp³-hybridized carbons (Fsp3) is 0.320. The maximum absolute atomic E-state index is 14.0. The first-order chi connectivity index (χ1) is 17.4. The number of benzene rings is 2. The van der Waals surface area contributed by atoms with Crippen molar-refractivity contribution in [2.24, 2.45) is 5.92 Å². The molecule has 8 nitrogen and oxygen atoms in total. The lowest BCUT2D eigenvalue weighted by Crippen LogP contribution is -2.43. The van der Waals surface area contributed by atoms with E-state index in [0.717, 1.165) is 6.54 Å². The highest BCUT2D eigenvalue weighted by molar-refractivity contribution is 5.71. The smallest absolute Gasteiger partial charge is 0.422 e. The minimum Gasteiger partial charge on any atom is -0.491 e. The zero-order valence-electron chi connectivity index (χ0n) is 18.8. The molecule has 2 aliphatic rings. The van der Waals surface area contributed by atoms with Crippen molar-refractivity contribution in [3.8, 4) is 40.0 Å². The summed E-state index contributed by atoms with van der Waals surface area (Å²) in [6, 6.07) is 12.7. The van der Waals surface area contributed by atoms with Gasteiger partial charge in [-0.2, -0.15) is 18.2 Å². The first-order valence-corrected chi connectivity index (χ1v) is 11.5. The van der Waals surface area contributed by atoms with Gasteiger partial charge in [0.05, 0.1) is 6.04 Å². The molecule has 1 aliphatic carbocycles. The monoisotopic (exact) mass is 498 g/mol. The van der Waals surface area contributed by atoms with E-state index in [1.165, 1.54) is 25.0 Å². The third kappa shape index (κ3) is 4.24. The van der Waals surface area contributed by atoms with Crippen LogP contribution in [0.2, 0.25) is 0 Å². The number of hydrogen-bond donors (Lipinski definition) is 2. The van der Waals surface area contributed by atoms with Crippen molar-refractivity contribution in [3.63, 3.8) is 0 Å². The van der Waals surface area contributed by atoms with E-state index in [1.54, 1.807) is 36.4 Å². The SMILES string of the molecule is O[C@H]1c2ccc(-c3noc(-c4onc(-c5ccccc5)c4C(F)(F)F)n3)cc2OC[C@@H]1NCC1CC1. The largest absolute Gasteiger partial charge is 0.491 e. The van der Waals surface area contributed by atoms with Crippen LogP contribution in [0.15, 0.2) is 57.6 Å². The Morgan fingerprint density at radius 3 is 2.56 bits per heavy atom. The first kappa shape index (κ1) is 22.7. The Kier molecular flexibility index (Phi) is 5.53. The molecule has 0 saturated heterocycles. The van der Waals surface area contributed by atoms with Crippen molar-refractivity contribution in [3.05, 3.63) is 59.7 Å². The molecule has 0 amide bonds. The van der Waals surface area contributed by atoms with Crippen LogP contribution in [-0.4, -0.2) is 39.6 Å². The molecule has 2 N–H and O–H groups in total. The number of nitrogens with one attached hydrogen (secondary N) is 1. The fourth-order valence-electron chi connectivity index (χ4n) is 4.27. The number of aromatic nitrogens is 3. The van der Waals surface area contributed by atoms with Gasteiger partial charge in [-0.15, -0.1) is 0 Å². The van der Waals surface area contributed by atoms with Gasteiger partial charge in [0.2, 0.25) is 11.6 Å². The number of aliphatic hydroxyl groups excluding tert-OH is 1. The fourth-order valence-corrected chi connectivity index (χ4v) is 4.27. The number of aliphatic hydroxyl groups is 1. The third-order valence-corrected chi connectivity index (χ3v) is 6.40. The molecule has 0 bridgehead atoms. The topological polar surface area (TPSA) is 106 Å². The molecule has 0 unspecified atom stereocenters. The van der Waals surface area contributed by atoms with E-state index in [9.17, 15) is 18.3 Å². The molecule has 186 valence electrons. The summed E-state index contributed by atoms with van der Waals surface area (Å²) in [5, 5.41) is 21.6. The Labute approximate surface area is 203 Å². The molecule has 1 saturated carbocycles. The Balaban J connectivity index is 1.29. The molecule has 2 atom stereocenters. The van der Waals surface area contributed by atoms with E-state index in [-0.39, 0.29) is 29.7 Å². The number of rotatable bonds is 6. The quantitative estimate of drug-likeness (QED) is 0.388. The average molecular weight is 498 g/mol. The number of nitrogens with zero attached hydrogens (tertiary/aromatic N) is 3. The van der Waals surface area contributed by atoms with Gasteiger partial charge < -0.3 is 24.2 Å². The van der Waals surface area contributed by atoms with Crippen LogP contribution < -0.4 is 10.1 Å². The summed E-state index contributed by atoms with van der Waals surface area (Å²) in [5.41, 5.74) is -0.139. The molecule has 0 radical (unpaired) electrons. The lowest BCUT2D eigenvalue weighted by atomic mass is 9.97. The molecule has 0 spiro atoms. The molecule has 1 fully saturated rings. The predicted molar refractivity (Wildman–Crippen MR) is 121 cm³/mol. The summed E-state index contributed by atoms with van der Waals surface area (Å²) in [6.45, 7) is 1.13. The molecule has 1 aliphatic heterocycles. The third-order valence-electron chi connectivity index (χ3n) is 6.40. The van der Waals surface area contributed by atoms with Gasteiger partial charge in [-0.05, 0) is 31.4 Å². The van der Waals surface area contributed by atoms with Crippen LogP contribution in [0.5, 0.6) is 5.75 Å². The highest BCUT2D eigenvalue weighted by Crippen LogP contribution is 2.43. The van der Waals surface area contributed by atoms with E-state index in [1.807, 2.05) is 0 Å². The molecule has 11 heteroatoms. The van der Waals surface area contributed by atoms with Gasteiger partial charge in [0.15, 0.2) is 0 Å². The van der Waals surface area contributed by atoms with Crippen molar-refractivity contribution in [1.82, 2.24) is 20.6 Å².